The normalized spacial score (nSPS) is 12.7. The van der Waals surface area contributed by atoms with E-state index < -0.39 is 0 Å². The summed E-state index contributed by atoms with van der Waals surface area (Å²) in [6, 6.07) is 46.8. The summed E-state index contributed by atoms with van der Waals surface area (Å²) in [7, 11) is 0. The van der Waals surface area contributed by atoms with E-state index in [4.69, 9.17) is 24.9 Å². The van der Waals surface area contributed by atoms with Gasteiger partial charge >= 0.3 is 0 Å². The largest absolute Gasteiger partial charge is 0.456 e. The Bertz CT molecular complexity index is 3050. The highest BCUT2D eigenvalue weighted by Crippen LogP contribution is 2.41. The fraction of sp³-hybridized carbons (Fsp3) is 0. The SMILES string of the molecule is [2H]c1c([2H])c([2H])c2c(c1[2H])c1c3c(ccc1n2-c1cccc(-c2cccc(-c4nc(-c5ccccc5)nc(-c5ccccc5)n4)c2)c1)oc1ccccc13. The van der Waals surface area contributed by atoms with Gasteiger partial charge in [0.05, 0.1) is 16.5 Å². The summed E-state index contributed by atoms with van der Waals surface area (Å²) in [6.07, 6.45) is 0. The molecular weight excluding hydrogens is 613 g/mol. The van der Waals surface area contributed by atoms with E-state index in [-0.39, 0.29) is 24.2 Å². The second-order valence-corrected chi connectivity index (χ2v) is 12.2. The van der Waals surface area contributed by atoms with E-state index in [0.29, 0.717) is 39.5 Å². The second-order valence-electron chi connectivity index (χ2n) is 12.2. The monoisotopic (exact) mass is 644 g/mol. The molecule has 50 heavy (non-hydrogen) atoms. The number of rotatable bonds is 5. The summed E-state index contributed by atoms with van der Waals surface area (Å²) >= 11 is 0. The van der Waals surface area contributed by atoms with Gasteiger partial charge < -0.3 is 8.98 Å². The molecule has 5 heteroatoms. The average Bonchev–Trinajstić information content (AvgIpc) is 3.79. The lowest BCUT2D eigenvalue weighted by atomic mass is 10.0. The molecule has 0 amide bonds. The molecule has 0 aliphatic rings. The van der Waals surface area contributed by atoms with Crippen molar-refractivity contribution in [2.75, 3.05) is 0 Å². The summed E-state index contributed by atoms with van der Waals surface area (Å²) < 4.78 is 43.6. The van der Waals surface area contributed by atoms with Crippen LogP contribution in [0.4, 0.5) is 0 Å². The van der Waals surface area contributed by atoms with Crippen LogP contribution in [0.5, 0.6) is 0 Å². The minimum Gasteiger partial charge on any atom is -0.456 e. The van der Waals surface area contributed by atoms with Gasteiger partial charge in [0, 0.05) is 43.9 Å². The van der Waals surface area contributed by atoms with Gasteiger partial charge in [-0.2, -0.15) is 0 Å². The number of para-hydroxylation sites is 2. The van der Waals surface area contributed by atoms with E-state index in [1.807, 2.05) is 138 Å². The van der Waals surface area contributed by atoms with Crippen molar-refractivity contribution in [1.82, 2.24) is 19.5 Å². The zero-order valence-electron chi connectivity index (χ0n) is 30.6. The predicted octanol–water partition coefficient (Wildman–Crippen LogP) is 11.5. The molecule has 0 atom stereocenters. The number of benzene rings is 7. The number of hydrogen-bond donors (Lipinski definition) is 0. The molecule has 10 aromatic rings. The third-order valence-corrected chi connectivity index (χ3v) is 9.16. The van der Waals surface area contributed by atoms with Crippen LogP contribution >= 0.6 is 0 Å². The standard InChI is InChI=1S/C45H28N4O/c1-3-13-29(14-4-1)43-46-44(30-15-5-2-6-16-30)48-45(47-43)33-19-11-17-31(27-33)32-18-12-20-34(28-32)49-37-23-9-7-21-35(37)41-38(49)25-26-40-42(41)36-22-8-10-24-39(36)50-40/h1-28H/i7D,9D,21D,23D. The Hall–Kier alpha value is -6.85. The number of hydrogen-bond acceptors (Lipinski definition) is 4. The fourth-order valence-electron chi connectivity index (χ4n) is 6.89. The van der Waals surface area contributed by atoms with E-state index in [2.05, 4.69) is 12.1 Å². The summed E-state index contributed by atoms with van der Waals surface area (Å²) in [5.74, 6) is 1.72. The highest BCUT2D eigenvalue weighted by atomic mass is 16.3. The lowest BCUT2D eigenvalue weighted by Gasteiger charge is -2.12. The van der Waals surface area contributed by atoms with Crippen LogP contribution in [0, 0.1) is 0 Å². The van der Waals surface area contributed by atoms with Crippen LogP contribution in [0.1, 0.15) is 5.48 Å². The Labute approximate surface area is 293 Å². The number of nitrogens with zero attached hydrogens (tertiary/aromatic N) is 4. The van der Waals surface area contributed by atoms with Crippen molar-refractivity contribution in [2.45, 2.75) is 0 Å². The van der Waals surface area contributed by atoms with Crippen molar-refractivity contribution in [3.05, 3.63) is 170 Å². The lowest BCUT2D eigenvalue weighted by Crippen LogP contribution is -2.00. The molecule has 7 aromatic carbocycles. The molecular formula is C45H28N4O. The molecule has 0 saturated carbocycles. The quantitative estimate of drug-likeness (QED) is 0.187. The van der Waals surface area contributed by atoms with Gasteiger partial charge in [-0.1, -0.05) is 127 Å². The molecule has 0 fully saturated rings. The Balaban J connectivity index is 1.17. The van der Waals surface area contributed by atoms with Gasteiger partial charge in [-0.05, 0) is 53.6 Å². The molecule has 0 saturated heterocycles. The van der Waals surface area contributed by atoms with Crippen LogP contribution in [0.2, 0.25) is 0 Å². The zero-order chi connectivity index (χ0) is 36.5. The van der Waals surface area contributed by atoms with Crippen LogP contribution in [0.3, 0.4) is 0 Å². The van der Waals surface area contributed by atoms with E-state index in [0.717, 1.165) is 55.2 Å². The molecule has 10 rings (SSSR count). The first-order valence-electron chi connectivity index (χ1n) is 18.4. The van der Waals surface area contributed by atoms with Crippen LogP contribution in [0.25, 0.3) is 94.7 Å². The van der Waals surface area contributed by atoms with Gasteiger partial charge in [-0.15, -0.1) is 0 Å². The topological polar surface area (TPSA) is 56.7 Å². The minimum absolute atomic E-state index is 0.0847. The predicted molar refractivity (Wildman–Crippen MR) is 203 cm³/mol. The maximum absolute atomic E-state index is 9.13. The average molecular weight is 645 g/mol. The van der Waals surface area contributed by atoms with Crippen molar-refractivity contribution < 1.29 is 9.90 Å². The van der Waals surface area contributed by atoms with Crippen molar-refractivity contribution in [3.8, 4) is 51.0 Å². The van der Waals surface area contributed by atoms with Gasteiger partial charge in [0.25, 0.3) is 0 Å². The first-order chi connectivity index (χ1) is 26.4. The van der Waals surface area contributed by atoms with Crippen molar-refractivity contribution in [2.24, 2.45) is 0 Å². The summed E-state index contributed by atoms with van der Waals surface area (Å²) in [5, 5.41) is 2.89. The van der Waals surface area contributed by atoms with Crippen LogP contribution in [-0.4, -0.2) is 19.5 Å². The molecule has 0 aliphatic carbocycles. The summed E-state index contributed by atoms with van der Waals surface area (Å²) in [6.45, 7) is 0. The maximum Gasteiger partial charge on any atom is 0.164 e. The molecule has 0 N–H and O–H groups in total. The highest BCUT2D eigenvalue weighted by Gasteiger charge is 2.19. The molecule has 234 valence electrons. The molecule has 0 bridgehead atoms. The Kier molecular flexibility index (Phi) is 5.54. The van der Waals surface area contributed by atoms with Gasteiger partial charge in [0.2, 0.25) is 0 Å². The van der Waals surface area contributed by atoms with E-state index in [9.17, 15) is 0 Å². The van der Waals surface area contributed by atoms with Crippen LogP contribution in [0.15, 0.2) is 174 Å². The molecule has 3 aromatic heterocycles. The number of fused-ring (bicyclic) bond motifs is 7. The molecule has 0 radical (unpaired) electrons. The Morgan fingerprint density at radius 1 is 0.440 bits per heavy atom. The minimum atomic E-state index is -0.282. The summed E-state index contributed by atoms with van der Waals surface area (Å²) in [4.78, 5) is 14.7. The first-order valence-corrected chi connectivity index (χ1v) is 16.4. The van der Waals surface area contributed by atoms with Gasteiger partial charge in [0.1, 0.15) is 11.2 Å². The van der Waals surface area contributed by atoms with Crippen molar-refractivity contribution in [3.63, 3.8) is 0 Å². The third-order valence-electron chi connectivity index (χ3n) is 9.16. The zero-order valence-corrected chi connectivity index (χ0v) is 26.6. The third kappa shape index (κ3) is 4.60. The summed E-state index contributed by atoms with van der Waals surface area (Å²) in [5.41, 5.74) is 7.77. The molecule has 0 unspecified atom stereocenters. The Morgan fingerprint density at radius 2 is 1.04 bits per heavy atom. The van der Waals surface area contributed by atoms with Gasteiger partial charge in [-0.3, -0.25) is 0 Å². The van der Waals surface area contributed by atoms with Crippen LogP contribution in [-0.2, 0) is 0 Å². The lowest BCUT2D eigenvalue weighted by molar-refractivity contribution is 0.669. The van der Waals surface area contributed by atoms with E-state index >= 15 is 0 Å². The van der Waals surface area contributed by atoms with Gasteiger partial charge in [0.15, 0.2) is 17.5 Å². The first kappa shape index (κ1) is 24.3. The highest BCUT2D eigenvalue weighted by molar-refractivity contribution is 6.27. The van der Waals surface area contributed by atoms with Crippen LogP contribution < -0.4 is 0 Å². The molecule has 0 spiro atoms. The Morgan fingerprint density at radius 3 is 1.80 bits per heavy atom. The molecule has 5 nitrogen and oxygen atoms in total. The maximum atomic E-state index is 9.13. The van der Waals surface area contributed by atoms with Crippen molar-refractivity contribution in [1.29, 1.82) is 0 Å². The molecule has 0 aliphatic heterocycles. The number of aromatic nitrogens is 4. The fourth-order valence-corrected chi connectivity index (χ4v) is 6.89. The van der Waals surface area contributed by atoms with Crippen molar-refractivity contribution >= 4 is 43.7 Å². The smallest absolute Gasteiger partial charge is 0.164 e. The number of furan rings is 1. The van der Waals surface area contributed by atoms with Gasteiger partial charge in [-0.25, -0.2) is 15.0 Å². The second kappa shape index (κ2) is 11.4. The van der Waals surface area contributed by atoms with E-state index in [1.165, 1.54) is 0 Å². The van der Waals surface area contributed by atoms with E-state index in [1.54, 1.807) is 0 Å². The molecule has 3 heterocycles.